The average molecular weight is 366 g/mol. The van der Waals surface area contributed by atoms with E-state index in [1.807, 2.05) is 24.8 Å². The van der Waals surface area contributed by atoms with Gasteiger partial charge in [0.15, 0.2) is 0 Å². The summed E-state index contributed by atoms with van der Waals surface area (Å²) >= 11 is 0. The highest BCUT2D eigenvalue weighted by Gasteiger charge is 2.34. The van der Waals surface area contributed by atoms with Crippen molar-refractivity contribution >= 4 is 15.9 Å². The van der Waals surface area contributed by atoms with Crippen LogP contribution in [0.2, 0.25) is 0 Å². The molecule has 0 spiro atoms. The summed E-state index contributed by atoms with van der Waals surface area (Å²) in [5.74, 6) is 0.0656. The molecule has 0 aromatic heterocycles. The lowest BCUT2D eigenvalue weighted by atomic mass is 9.96. The second-order valence-corrected chi connectivity index (χ2v) is 8.80. The summed E-state index contributed by atoms with van der Waals surface area (Å²) in [7, 11) is -3.49. The van der Waals surface area contributed by atoms with Gasteiger partial charge in [-0.15, -0.1) is 0 Å². The minimum absolute atomic E-state index is 0.0793. The second kappa shape index (κ2) is 7.43. The number of carbonyl (C=O) groups is 1. The molecule has 7 heteroatoms. The molecule has 0 saturated carbocycles. The second-order valence-electron chi connectivity index (χ2n) is 6.86. The highest BCUT2D eigenvalue weighted by atomic mass is 32.2. The van der Waals surface area contributed by atoms with Crippen molar-refractivity contribution in [1.29, 1.82) is 0 Å². The zero-order chi connectivity index (χ0) is 18.0. The Balaban J connectivity index is 1.64. The molecule has 138 valence electrons. The number of ether oxygens (including phenoxy) is 1. The largest absolute Gasteiger partial charge is 0.378 e. The molecule has 1 aromatic carbocycles. The number of aryl methyl sites for hydroxylation is 2. The van der Waals surface area contributed by atoms with E-state index in [1.54, 1.807) is 12.1 Å². The van der Waals surface area contributed by atoms with Gasteiger partial charge in [-0.1, -0.05) is 6.07 Å². The number of rotatable bonds is 3. The van der Waals surface area contributed by atoms with Crippen molar-refractivity contribution in [2.75, 3.05) is 39.4 Å². The molecule has 0 N–H and O–H groups in total. The lowest BCUT2D eigenvalue weighted by Gasteiger charge is -2.35. The monoisotopic (exact) mass is 366 g/mol. The first-order valence-electron chi connectivity index (χ1n) is 8.83. The SMILES string of the molecule is Cc1ccc(S(=O)(=O)N2CCC(C(=O)N3CCOCC3)CC2)cc1C. The summed E-state index contributed by atoms with van der Waals surface area (Å²) in [6.07, 6.45) is 1.17. The van der Waals surface area contributed by atoms with Crippen LogP contribution in [0.15, 0.2) is 23.1 Å². The Labute approximate surface area is 149 Å². The van der Waals surface area contributed by atoms with Crippen molar-refractivity contribution in [1.82, 2.24) is 9.21 Å². The van der Waals surface area contributed by atoms with Gasteiger partial charge in [-0.3, -0.25) is 4.79 Å². The first-order chi connectivity index (χ1) is 11.9. The highest BCUT2D eigenvalue weighted by molar-refractivity contribution is 7.89. The van der Waals surface area contributed by atoms with Crippen LogP contribution < -0.4 is 0 Å². The van der Waals surface area contributed by atoms with E-state index in [2.05, 4.69) is 0 Å². The van der Waals surface area contributed by atoms with Crippen LogP contribution in [0.25, 0.3) is 0 Å². The molecule has 2 aliphatic rings. The Kier molecular flexibility index (Phi) is 5.46. The summed E-state index contributed by atoms with van der Waals surface area (Å²) < 4.78 is 32.5. The first-order valence-corrected chi connectivity index (χ1v) is 10.3. The van der Waals surface area contributed by atoms with Gasteiger partial charge >= 0.3 is 0 Å². The molecule has 2 aliphatic heterocycles. The number of hydrogen-bond donors (Lipinski definition) is 0. The predicted octanol–water partition coefficient (Wildman–Crippen LogP) is 1.56. The van der Waals surface area contributed by atoms with Gasteiger partial charge in [0.1, 0.15) is 0 Å². The molecule has 0 atom stereocenters. The molecule has 0 unspecified atom stereocenters. The molecule has 2 heterocycles. The molecule has 0 aliphatic carbocycles. The van der Waals surface area contributed by atoms with Crippen molar-refractivity contribution in [3.63, 3.8) is 0 Å². The maximum atomic E-state index is 12.8. The number of sulfonamides is 1. The predicted molar refractivity (Wildman–Crippen MR) is 94.8 cm³/mol. The van der Waals surface area contributed by atoms with Crippen molar-refractivity contribution in [3.8, 4) is 0 Å². The Hall–Kier alpha value is -1.44. The quantitative estimate of drug-likeness (QED) is 0.814. The number of piperidine rings is 1. The zero-order valence-electron chi connectivity index (χ0n) is 14.9. The minimum atomic E-state index is -3.49. The summed E-state index contributed by atoms with van der Waals surface area (Å²) in [5.41, 5.74) is 2.05. The molecular weight excluding hydrogens is 340 g/mol. The van der Waals surface area contributed by atoms with E-state index in [-0.39, 0.29) is 11.8 Å². The fourth-order valence-corrected chi connectivity index (χ4v) is 4.96. The van der Waals surface area contributed by atoms with Crippen molar-refractivity contribution < 1.29 is 17.9 Å². The van der Waals surface area contributed by atoms with Crippen LogP contribution in [-0.4, -0.2) is 62.9 Å². The number of amides is 1. The van der Waals surface area contributed by atoms with Crippen molar-refractivity contribution in [2.45, 2.75) is 31.6 Å². The third-order valence-electron chi connectivity index (χ3n) is 5.24. The van der Waals surface area contributed by atoms with E-state index >= 15 is 0 Å². The molecule has 2 saturated heterocycles. The van der Waals surface area contributed by atoms with E-state index in [0.29, 0.717) is 57.1 Å². The molecule has 0 radical (unpaired) electrons. The van der Waals surface area contributed by atoms with Gasteiger partial charge in [-0.2, -0.15) is 4.31 Å². The summed E-state index contributed by atoms with van der Waals surface area (Å²) in [4.78, 5) is 14.8. The lowest BCUT2D eigenvalue weighted by molar-refractivity contribution is -0.140. The van der Waals surface area contributed by atoms with E-state index in [9.17, 15) is 13.2 Å². The van der Waals surface area contributed by atoms with E-state index < -0.39 is 10.0 Å². The number of nitrogens with zero attached hydrogens (tertiary/aromatic N) is 2. The van der Waals surface area contributed by atoms with Gasteiger partial charge in [-0.25, -0.2) is 8.42 Å². The van der Waals surface area contributed by atoms with Crippen molar-refractivity contribution in [2.24, 2.45) is 5.92 Å². The number of morpholine rings is 1. The van der Waals surface area contributed by atoms with Gasteiger partial charge in [0.25, 0.3) is 0 Å². The van der Waals surface area contributed by atoms with Crippen LogP contribution in [0.3, 0.4) is 0 Å². The summed E-state index contributed by atoms with van der Waals surface area (Å²) in [6.45, 7) is 7.14. The highest BCUT2D eigenvalue weighted by Crippen LogP contribution is 2.26. The maximum absolute atomic E-state index is 12.8. The summed E-state index contributed by atoms with van der Waals surface area (Å²) in [5, 5.41) is 0. The summed E-state index contributed by atoms with van der Waals surface area (Å²) in [6, 6.07) is 5.25. The van der Waals surface area contributed by atoms with Gasteiger partial charge in [0, 0.05) is 32.1 Å². The Bertz CT molecular complexity index is 733. The van der Waals surface area contributed by atoms with Crippen LogP contribution in [-0.2, 0) is 19.6 Å². The smallest absolute Gasteiger partial charge is 0.243 e. The molecule has 3 rings (SSSR count). The number of benzene rings is 1. The van der Waals surface area contributed by atoms with Crippen LogP contribution >= 0.6 is 0 Å². The third-order valence-corrected chi connectivity index (χ3v) is 7.14. The molecule has 0 bridgehead atoms. The van der Waals surface area contributed by atoms with Gasteiger partial charge < -0.3 is 9.64 Å². The van der Waals surface area contributed by atoms with E-state index in [4.69, 9.17) is 4.74 Å². The van der Waals surface area contributed by atoms with Gasteiger partial charge in [0.05, 0.1) is 18.1 Å². The van der Waals surface area contributed by atoms with E-state index in [1.165, 1.54) is 4.31 Å². The topological polar surface area (TPSA) is 66.9 Å². The average Bonchev–Trinajstić information content (AvgIpc) is 2.64. The van der Waals surface area contributed by atoms with Crippen molar-refractivity contribution in [3.05, 3.63) is 29.3 Å². The van der Waals surface area contributed by atoms with Gasteiger partial charge in [-0.05, 0) is 49.9 Å². The minimum Gasteiger partial charge on any atom is -0.378 e. The molecule has 1 aromatic rings. The van der Waals surface area contributed by atoms with Crippen LogP contribution in [0.4, 0.5) is 0 Å². The lowest BCUT2D eigenvalue weighted by Crippen LogP contribution is -2.47. The van der Waals surface area contributed by atoms with Gasteiger partial charge in [0.2, 0.25) is 15.9 Å². The standard InChI is InChI=1S/C18H26N2O4S/c1-14-3-4-17(13-15(14)2)25(22,23)20-7-5-16(6-8-20)18(21)19-9-11-24-12-10-19/h3-4,13,16H,5-12H2,1-2H3. The third kappa shape index (κ3) is 3.88. The Morgan fingerprint density at radius 3 is 2.28 bits per heavy atom. The molecule has 2 fully saturated rings. The zero-order valence-corrected chi connectivity index (χ0v) is 15.7. The van der Waals surface area contributed by atoms with Crippen LogP contribution in [0.1, 0.15) is 24.0 Å². The fraction of sp³-hybridized carbons (Fsp3) is 0.611. The first kappa shape index (κ1) is 18.4. The Morgan fingerprint density at radius 2 is 1.68 bits per heavy atom. The molecule has 6 nitrogen and oxygen atoms in total. The molecular formula is C18H26N2O4S. The van der Waals surface area contributed by atoms with E-state index in [0.717, 1.165) is 11.1 Å². The molecule has 25 heavy (non-hydrogen) atoms. The maximum Gasteiger partial charge on any atom is 0.243 e. The number of hydrogen-bond acceptors (Lipinski definition) is 4. The fourth-order valence-electron chi connectivity index (χ4n) is 3.41. The normalized spacial score (nSPS) is 20.6. The van der Waals surface area contributed by atoms with Crippen LogP contribution in [0.5, 0.6) is 0 Å². The number of carbonyl (C=O) groups excluding carboxylic acids is 1. The Morgan fingerprint density at radius 1 is 1.04 bits per heavy atom. The molecule has 1 amide bonds. The van der Waals surface area contributed by atoms with Crippen LogP contribution in [0, 0.1) is 19.8 Å².